The molecule has 3 aliphatic rings. The Kier molecular flexibility index (Phi) is 4.74. The first-order valence-corrected chi connectivity index (χ1v) is 11.2. The van der Waals surface area contributed by atoms with Crippen molar-refractivity contribution in [1.82, 2.24) is 25.3 Å². The number of nitrogens with zero attached hydrogens (tertiary/aromatic N) is 4. The molecule has 0 saturated carbocycles. The number of aromatic nitrogens is 3. The van der Waals surface area contributed by atoms with Crippen LogP contribution in [0.25, 0.3) is 16.8 Å². The van der Waals surface area contributed by atoms with Gasteiger partial charge in [-0.15, -0.1) is 0 Å². The van der Waals surface area contributed by atoms with Crippen LogP contribution in [-0.2, 0) is 26.9 Å². The van der Waals surface area contributed by atoms with Crippen molar-refractivity contribution >= 4 is 34.5 Å². The molecule has 15 heteroatoms. The number of urea groups is 1. The highest BCUT2D eigenvalue weighted by atomic mass is 19.4. The van der Waals surface area contributed by atoms with E-state index >= 15 is 4.39 Å². The Labute approximate surface area is 204 Å². The van der Waals surface area contributed by atoms with Crippen molar-refractivity contribution in [2.45, 2.75) is 44.7 Å². The van der Waals surface area contributed by atoms with Gasteiger partial charge in [-0.3, -0.25) is 24.8 Å². The van der Waals surface area contributed by atoms with E-state index in [1.807, 2.05) is 0 Å². The number of carbonyl (C=O) groups excluding carboxylic acids is 3. The third kappa shape index (κ3) is 3.19. The molecule has 2 saturated heterocycles. The van der Waals surface area contributed by atoms with E-state index < -0.39 is 59.2 Å². The second-order valence-corrected chi connectivity index (χ2v) is 9.38. The molecule has 3 aliphatic heterocycles. The molecule has 2 aromatic heterocycles. The number of hydrogen-bond donors (Lipinski definition) is 2. The van der Waals surface area contributed by atoms with Crippen LogP contribution in [0.3, 0.4) is 0 Å². The Balaban J connectivity index is 1.56. The van der Waals surface area contributed by atoms with Crippen LogP contribution < -0.4 is 15.5 Å². The highest BCUT2D eigenvalue weighted by Gasteiger charge is 2.63. The molecule has 0 unspecified atom stereocenters. The van der Waals surface area contributed by atoms with Crippen LogP contribution >= 0.6 is 0 Å². The number of morpholine rings is 1. The fourth-order valence-electron chi connectivity index (χ4n) is 5.71. The number of fused-ring (bicyclic) bond motifs is 5. The molecular formula is C22H18F4N6O5. The molecular weight excluding hydrogens is 504 g/mol. The van der Waals surface area contributed by atoms with Crippen molar-refractivity contribution < 1.29 is 41.2 Å². The number of benzene rings is 1. The molecule has 1 aromatic carbocycles. The van der Waals surface area contributed by atoms with E-state index in [1.54, 1.807) is 18.7 Å². The molecule has 3 aromatic rings. The Morgan fingerprint density at radius 3 is 2.51 bits per heavy atom. The van der Waals surface area contributed by atoms with Crippen LogP contribution in [0, 0.1) is 11.2 Å². The smallest absolute Gasteiger partial charge is 0.372 e. The molecule has 11 nitrogen and oxygen atoms in total. The number of nitrogens with one attached hydrogen (secondary N) is 2. The number of imidazole rings is 1. The number of amides is 4. The zero-order chi connectivity index (χ0) is 26.4. The van der Waals surface area contributed by atoms with Gasteiger partial charge in [-0.1, -0.05) is 5.16 Å². The quantitative estimate of drug-likeness (QED) is 0.367. The van der Waals surface area contributed by atoms with E-state index in [2.05, 4.69) is 20.8 Å². The van der Waals surface area contributed by atoms with Gasteiger partial charge in [0.05, 0.1) is 29.3 Å². The van der Waals surface area contributed by atoms with E-state index in [9.17, 15) is 27.6 Å². The monoisotopic (exact) mass is 522 g/mol. The van der Waals surface area contributed by atoms with E-state index in [0.29, 0.717) is 6.20 Å². The SMILES string of the molecule is C[C@H]1CN2c3c(cc4c(-n5cnc(C(F)(F)F)c5)noc4c3F)CC3(C(=O)NC(=O)NC3=O)[C@@H]2[C@@H](C)O1. The molecule has 1 spiro atoms. The van der Waals surface area contributed by atoms with E-state index in [1.165, 1.54) is 6.07 Å². The fraction of sp³-hybridized carbons (Fsp3) is 0.409. The Hall–Kier alpha value is -4.01. The average Bonchev–Trinajstić information content (AvgIpc) is 3.44. The van der Waals surface area contributed by atoms with E-state index in [4.69, 9.17) is 9.26 Å². The summed E-state index contributed by atoms with van der Waals surface area (Å²) in [5, 5.41) is 8.04. The van der Waals surface area contributed by atoms with Gasteiger partial charge >= 0.3 is 12.2 Å². The average molecular weight is 522 g/mol. The lowest BCUT2D eigenvalue weighted by Crippen LogP contribution is -2.75. The number of barbiturate groups is 1. The maximum absolute atomic E-state index is 16.0. The summed E-state index contributed by atoms with van der Waals surface area (Å²) >= 11 is 0. The molecule has 0 aliphatic carbocycles. The van der Waals surface area contributed by atoms with Crippen molar-refractivity contribution in [3.63, 3.8) is 0 Å². The minimum Gasteiger partial charge on any atom is -0.372 e. The largest absolute Gasteiger partial charge is 0.434 e. The summed E-state index contributed by atoms with van der Waals surface area (Å²) < 4.78 is 67.3. The molecule has 6 rings (SSSR count). The number of ether oxygens (including phenoxy) is 1. The Bertz CT molecular complexity index is 1480. The Morgan fingerprint density at radius 1 is 1.16 bits per heavy atom. The van der Waals surface area contributed by atoms with Crippen LogP contribution in [0.15, 0.2) is 23.1 Å². The summed E-state index contributed by atoms with van der Waals surface area (Å²) in [4.78, 5) is 43.2. The third-order valence-corrected chi connectivity index (χ3v) is 7.06. The maximum Gasteiger partial charge on any atom is 0.434 e. The molecule has 37 heavy (non-hydrogen) atoms. The van der Waals surface area contributed by atoms with Crippen LogP contribution in [-0.4, -0.2) is 57.3 Å². The van der Waals surface area contributed by atoms with Gasteiger partial charge in [0.1, 0.15) is 6.33 Å². The summed E-state index contributed by atoms with van der Waals surface area (Å²) in [6.45, 7) is 3.51. The lowest BCUT2D eigenvalue weighted by Gasteiger charge is -2.55. The van der Waals surface area contributed by atoms with Gasteiger partial charge < -0.3 is 14.2 Å². The standard InChI is InChI=1S/C22H18F4N6O5/c1-8-5-32-14-10(4-21(16(32)9(2)36-8)18(33)28-20(35)29-19(21)34)3-11-15(13(14)23)37-30-17(11)31-6-12(27-7-31)22(24,25)26/h3,6-9,16H,4-5H2,1-2H3,(H2,28,29,33,34,35)/t8-,9+,16-/m0/s1. The van der Waals surface area contributed by atoms with E-state index in [0.717, 1.165) is 10.9 Å². The van der Waals surface area contributed by atoms with Crippen LogP contribution in [0.2, 0.25) is 0 Å². The minimum absolute atomic E-state index is 0.0121. The number of alkyl halides is 3. The molecule has 4 amide bonds. The van der Waals surface area contributed by atoms with Crippen molar-refractivity contribution in [2.75, 3.05) is 11.4 Å². The fourth-order valence-corrected chi connectivity index (χ4v) is 5.71. The Morgan fingerprint density at radius 2 is 1.86 bits per heavy atom. The molecule has 194 valence electrons. The zero-order valence-corrected chi connectivity index (χ0v) is 19.2. The summed E-state index contributed by atoms with van der Waals surface area (Å²) in [5.74, 6) is -2.73. The van der Waals surface area contributed by atoms with E-state index in [-0.39, 0.29) is 41.0 Å². The molecule has 5 heterocycles. The van der Waals surface area contributed by atoms with Gasteiger partial charge in [0.25, 0.3) is 0 Å². The molecule has 2 fully saturated rings. The number of imide groups is 2. The second kappa shape index (κ2) is 7.50. The summed E-state index contributed by atoms with van der Waals surface area (Å²) in [7, 11) is 0. The predicted octanol–water partition coefficient (Wildman–Crippen LogP) is 2.06. The first kappa shape index (κ1) is 23.4. The molecule has 0 bridgehead atoms. The topological polar surface area (TPSA) is 132 Å². The minimum atomic E-state index is -4.71. The highest BCUT2D eigenvalue weighted by Crippen LogP contribution is 2.49. The van der Waals surface area contributed by atoms with Crippen LogP contribution in [0.4, 0.5) is 28.0 Å². The first-order chi connectivity index (χ1) is 17.4. The van der Waals surface area contributed by atoms with Gasteiger partial charge in [-0.2, -0.15) is 13.2 Å². The molecule has 0 radical (unpaired) electrons. The highest BCUT2D eigenvalue weighted by molar-refractivity contribution is 6.20. The number of halogens is 4. The maximum atomic E-state index is 16.0. The summed E-state index contributed by atoms with van der Waals surface area (Å²) in [6.07, 6.45) is -4.59. The van der Waals surface area contributed by atoms with Crippen molar-refractivity contribution in [3.8, 4) is 5.82 Å². The van der Waals surface area contributed by atoms with Crippen LogP contribution in [0.5, 0.6) is 0 Å². The third-order valence-electron chi connectivity index (χ3n) is 7.06. The van der Waals surface area contributed by atoms with Crippen molar-refractivity contribution in [2.24, 2.45) is 5.41 Å². The normalized spacial score (nSPS) is 25.2. The zero-order valence-electron chi connectivity index (χ0n) is 19.2. The number of hydrogen-bond acceptors (Lipinski definition) is 8. The van der Waals surface area contributed by atoms with Gasteiger partial charge in [-0.05, 0) is 25.5 Å². The predicted molar refractivity (Wildman–Crippen MR) is 115 cm³/mol. The summed E-state index contributed by atoms with van der Waals surface area (Å²) in [5.41, 5.74) is -3.07. The first-order valence-electron chi connectivity index (χ1n) is 11.2. The lowest BCUT2D eigenvalue weighted by molar-refractivity contribution is -0.153. The van der Waals surface area contributed by atoms with Gasteiger partial charge in [0.15, 0.2) is 22.7 Å². The van der Waals surface area contributed by atoms with Gasteiger partial charge in [-0.25, -0.2) is 14.2 Å². The number of rotatable bonds is 1. The number of carbonyl (C=O) groups is 3. The number of anilines is 1. The summed E-state index contributed by atoms with van der Waals surface area (Å²) in [6, 6.07) is -0.520. The second-order valence-electron chi connectivity index (χ2n) is 9.38. The van der Waals surface area contributed by atoms with Gasteiger partial charge in [0.2, 0.25) is 17.4 Å². The van der Waals surface area contributed by atoms with Gasteiger partial charge in [0, 0.05) is 19.2 Å². The van der Waals surface area contributed by atoms with Crippen molar-refractivity contribution in [3.05, 3.63) is 35.7 Å². The molecule has 3 atom stereocenters. The van der Waals surface area contributed by atoms with Crippen molar-refractivity contribution in [1.29, 1.82) is 0 Å². The van der Waals surface area contributed by atoms with Crippen LogP contribution in [0.1, 0.15) is 25.1 Å². The molecule has 2 N–H and O–H groups in total. The lowest BCUT2D eigenvalue weighted by atomic mass is 9.66.